The molecular formula is C16H17F3N2O3. The van der Waals surface area contributed by atoms with E-state index in [1.165, 1.54) is 24.3 Å². The van der Waals surface area contributed by atoms with Crippen molar-refractivity contribution in [1.82, 2.24) is 5.32 Å². The number of amides is 1. The fourth-order valence-electron chi connectivity index (χ4n) is 2.35. The van der Waals surface area contributed by atoms with Crippen LogP contribution in [-0.4, -0.2) is 37.4 Å². The van der Waals surface area contributed by atoms with Crippen LogP contribution in [0.25, 0.3) is 0 Å². The molecule has 24 heavy (non-hydrogen) atoms. The summed E-state index contributed by atoms with van der Waals surface area (Å²) in [6, 6.07) is 7.94. The van der Waals surface area contributed by atoms with Crippen LogP contribution >= 0.6 is 0 Å². The van der Waals surface area contributed by atoms with E-state index in [0.717, 1.165) is 0 Å². The molecule has 8 heteroatoms. The predicted molar refractivity (Wildman–Crippen MR) is 78.2 cm³/mol. The van der Waals surface area contributed by atoms with Gasteiger partial charge in [-0.05, 0) is 17.7 Å². The number of carbonyl (C=O) groups excluding carboxylic acids is 1. The van der Waals surface area contributed by atoms with Gasteiger partial charge < -0.3 is 14.8 Å². The minimum Gasteiger partial charge on any atom is -0.484 e. The highest BCUT2D eigenvalue weighted by molar-refractivity contribution is 5.79. The van der Waals surface area contributed by atoms with Crippen LogP contribution in [0.3, 0.4) is 0 Å². The number of nitrogens with one attached hydrogen (secondary N) is 1. The number of ether oxygens (including phenoxy) is 2. The molecule has 0 radical (unpaired) electrons. The second kappa shape index (κ2) is 7.53. The molecule has 1 amide bonds. The van der Waals surface area contributed by atoms with Gasteiger partial charge >= 0.3 is 6.18 Å². The zero-order valence-corrected chi connectivity index (χ0v) is 12.9. The number of nitrogens with zero attached hydrogens (tertiary/aromatic N) is 1. The van der Waals surface area contributed by atoms with Crippen molar-refractivity contribution >= 4 is 5.91 Å². The van der Waals surface area contributed by atoms with E-state index in [4.69, 9.17) is 4.74 Å². The number of hydrogen-bond donors (Lipinski definition) is 1. The van der Waals surface area contributed by atoms with Crippen molar-refractivity contribution in [2.24, 2.45) is 0 Å². The lowest BCUT2D eigenvalue weighted by Gasteiger charge is -2.31. The fraction of sp³-hybridized carbons (Fsp3) is 0.500. The molecule has 1 fully saturated rings. The molecule has 130 valence electrons. The molecule has 1 aromatic carbocycles. The molecule has 0 spiro atoms. The number of carbonyl (C=O) groups is 1. The molecule has 1 aliphatic heterocycles. The van der Waals surface area contributed by atoms with Gasteiger partial charge in [-0.1, -0.05) is 12.1 Å². The molecule has 0 aliphatic carbocycles. The number of nitriles is 1. The third kappa shape index (κ3) is 5.42. The maximum Gasteiger partial charge on any atom is 0.422 e. The van der Waals surface area contributed by atoms with Crippen LogP contribution in [0, 0.1) is 11.3 Å². The zero-order chi connectivity index (χ0) is 17.6. The van der Waals surface area contributed by atoms with E-state index < -0.39 is 18.3 Å². The van der Waals surface area contributed by atoms with Gasteiger partial charge in [-0.2, -0.15) is 18.4 Å². The van der Waals surface area contributed by atoms with Crippen LogP contribution in [0.1, 0.15) is 18.4 Å². The second-order valence-corrected chi connectivity index (χ2v) is 5.58. The lowest BCUT2D eigenvalue weighted by atomic mass is 9.91. The first kappa shape index (κ1) is 18.1. The quantitative estimate of drug-likeness (QED) is 0.892. The van der Waals surface area contributed by atoms with Crippen molar-refractivity contribution in [1.29, 1.82) is 5.26 Å². The molecular weight excluding hydrogens is 325 g/mol. The summed E-state index contributed by atoms with van der Waals surface area (Å²) in [6.45, 7) is -0.530. The van der Waals surface area contributed by atoms with Gasteiger partial charge in [-0.15, -0.1) is 0 Å². The van der Waals surface area contributed by atoms with Crippen molar-refractivity contribution in [3.63, 3.8) is 0 Å². The first-order valence-corrected chi connectivity index (χ1v) is 7.40. The Hall–Kier alpha value is -2.27. The molecule has 1 aliphatic rings. The van der Waals surface area contributed by atoms with E-state index >= 15 is 0 Å². The molecule has 0 bridgehead atoms. The summed E-state index contributed by atoms with van der Waals surface area (Å²) in [5.41, 5.74) is -0.294. The molecule has 0 unspecified atom stereocenters. The third-order valence-corrected chi connectivity index (χ3v) is 3.63. The Balaban J connectivity index is 1.89. The van der Waals surface area contributed by atoms with Gasteiger partial charge in [-0.25, -0.2) is 0 Å². The maximum absolute atomic E-state index is 12.1. The van der Waals surface area contributed by atoms with E-state index in [1.54, 1.807) is 0 Å². The van der Waals surface area contributed by atoms with E-state index in [2.05, 4.69) is 16.1 Å². The molecule has 1 heterocycles. The summed E-state index contributed by atoms with van der Waals surface area (Å²) in [5.74, 6) is -0.239. The summed E-state index contributed by atoms with van der Waals surface area (Å²) in [4.78, 5) is 12.1. The smallest absolute Gasteiger partial charge is 0.422 e. The van der Waals surface area contributed by atoms with Gasteiger partial charge in [0.1, 0.15) is 11.3 Å². The van der Waals surface area contributed by atoms with E-state index in [0.29, 0.717) is 31.6 Å². The topological polar surface area (TPSA) is 71.4 Å². The average Bonchev–Trinajstić information content (AvgIpc) is 2.54. The minimum absolute atomic E-state index is 0.0316. The van der Waals surface area contributed by atoms with Gasteiger partial charge in [0.15, 0.2) is 6.61 Å². The fourth-order valence-corrected chi connectivity index (χ4v) is 2.35. The van der Waals surface area contributed by atoms with Gasteiger partial charge in [0.05, 0.1) is 12.5 Å². The summed E-state index contributed by atoms with van der Waals surface area (Å²) >= 11 is 0. The molecule has 5 nitrogen and oxygen atoms in total. The monoisotopic (exact) mass is 342 g/mol. The Labute approximate surface area is 137 Å². The number of rotatable bonds is 5. The van der Waals surface area contributed by atoms with Crippen LogP contribution in [0.15, 0.2) is 24.3 Å². The number of benzene rings is 1. The number of hydrogen-bond acceptors (Lipinski definition) is 4. The lowest BCUT2D eigenvalue weighted by molar-refractivity contribution is -0.153. The van der Waals surface area contributed by atoms with Crippen molar-refractivity contribution in [3.8, 4) is 11.8 Å². The molecule has 1 N–H and O–H groups in total. The standard InChI is InChI=1S/C16H17F3N2O3/c17-16(18,19)11-24-13-3-1-12(2-4-13)9-14(22)21-15(10-20)5-7-23-8-6-15/h1-4H,5-9,11H2,(H,21,22). The molecule has 0 saturated carbocycles. The van der Waals surface area contributed by atoms with Crippen LogP contribution in [-0.2, 0) is 16.0 Å². The SMILES string of the molecule is N#CC1(NC(=O)Cc2ccc(OCC(F)(F)F)cc2)CCOCC1. The normalized spacial score (nSPS) is 16.9. The third-order valence-electron chi connectivity index (χ3n) is 3.63. The van der Waals surface area contributed by atoms with Crippen molar-refractivity contribution < 1.29 is 27.4 Å². The Morgan fingerprint density at radius 1 is 1.29 bits per heavy atom. The van der Waals surface area contributed by atoms with Crippen molar-refractivity contribution in [2.75, 3.05) is 19.8 Å². The highest BCUT2D eigenvalue weighted by atomic mass is 19.4. The largest absolute Gasteiger partial charge is 0.484 e. The predicted octanol–water partition coefficient (Wildman–Crippen LogP) is 2.36. The highest BCUT2D eigenvalue weighted by Crippen LogP contribution is 2.21. The molecule has 1 saturated heterocycles. The Morgan fingerprint density at radius 2 is 1.92 bits per heavy atom. The summed E-state index contributed by atoms with van der Waals surface area (Å²) in [6.07, 6.45) is -3.50. The second-order valence-electron chi connectivity index (χ2n) is 5.58. The molecule has 2 rings (SSSR count). The number of halogens is 3. The van der Waals surface area contributed by atoms with Crippen LogP contribution in [0.4, 0.5) is 13.2 Å². The Bertz CT molecular complexity index is 602. The molecule has 0 aromatic heterocycles. The average molecular weight is 342 g/mol. The van der Waals surface area contributed by atoms with Crippen LogP contribution in [0.2, 0.25) is 0 Å². The summed E-state index contributed by atoms with van der Waals surface area (Å²) in [5, 5.41) is 12.0. The zero-order valence-electron chi connectivity index (χ0n) is 12.9. The van der Waals surface area contributed by atoms with Gasteiger partial charge in [-0.3, -0.25) is 4.79 Å². The molecule has 1 aromatic rings. The van der Waals surface area contributed by atoms with Crippen molar-refractivity contribution in [2.45, 2.75) is 31.0 Å². The van der Waals surface area contributed by atoms with Gasteiger partial charge in [0.2, 0.25) is 5.91 Å². The van der Waals surface area contributed by atoms with E-state index in [9.17, 15) is 23.2 Å². The van der Waals surface area contributed by atoms with Crippen LogP contribution < -0.4 is 10.1 Å². The maximum atomic E-state index is 12.1. The van der Waals surface area contributed by atoms with E-state index in [-0.39, 0.29) is 18.1 Å². The minimum atomic E-state index is -4.39. The van der Waals surface area contributed by atoms with Gasteiger partial charge in [0.25, 0.3) is 0 Å². The van der Waals surface area contributed by atoms with Crippen LogP contribution in [0.5, 0.6) is 5.75 Å². The molecule has 0 atom stereocenters. The Kier molecular flexibility index (Phi) is 5.67. The highest BCUT2D eigenvalue weighted by Gasteiger charge is 2.34. The summed E-state index contributed by atoms with van der Waals surface area (Å²) in [7, 11) is 0. The van der Waals surface area contributed by atoms with E-state index in [1.807, 2.05) is 0 Å². The van der Waals surface area contributed by atoms with Gasteiger partial charge in [0, 0.05) is 26.1 Å². The lowest BCUT2D eigenvalue weighted by Crippen LogP contribution is -2.51. The first-order chi connectivity index (χ1) is 11.3. The first-order valence-electron chi connectivity index (χ1n) is 7.40. The van der Waals surface area contributed by atoms with Crippen molar-refractivity contribution in [3.05, 3.63) is 29.8 Å². The number of alkyl halides is 3. The Morgan fingerprint density at radius 3 is 2.46 bits per heavy atom. The summed E-state index contributed by atoms with van der Waals surface area (Å²) < 4.78 is 46.0.